The Balaban J connectivity index is 0.00000272. The third kappa shape index (κ3) is 5.70. The minimum absolute atomic E-state index is 0. The van der Waals surface area contributed by atoms with Crippen LogP contribution in [0.15, 0.2) is 53.5 Å². The normalized spacial score (nSPS) is 19.0. The van der Waals surface area contributed by atoms with Gasteiger partial charge in [-0.25, -0.2) is 0 Å². The lowest BCUT2D eigenvalue weighted by molar-refractivity contribution is -0.114. The molecule has 1 fully saturated rings. The van der Waals surface area contributed by atoms with E-state index in [0.29, 0.717) is 6.54 Å². The third-order valence-corrected chi connectivity index (χ3v) is 5.95. The van der Waals surface area contributed by atoms with Crippen LogP contribution in [0, 0.1) is 0 Å². The van der Waals surface area contributed by atoms with Gasteiger partial charge >= 0.3 is 0 Å². The van der Waals surface area contributed by atoms with E-state index in [1.54, 1.807) is 7.05 Å². The van der Waals surface area contributed by atoms with Crippen LogP contribution in [-0.4, -0.2) is 24.5 Å². The van der Waals surface area contributed by atoms with E-state index in [1.807, 2.05) is 30.3 Å². The number of hydrogen-bond acceptors (Lipinski definition) is 3. The lowest BCUT2D eigenvalue weighted by Gasteiger charge is -2.40. The highest BCUT2D eigenvalue weighted by atomic mass is 127. The number of aliphatic imine (C=N–C) groups is 1. The van der Waals surface area contributed by atoms with E-state index in [0.717, 1.165) is 42.2 Å². The number of nitrogens with zero attached hydrogens (tertiary/aromatic N) is 1. The van der Waals surface area contributed by atoms with Gasteiger partial charge in [-0.1, -0.05) is 30.3 Å². The van der Waals surface area contributed by atoms with Crippen LogP contribution in [0.1, 0.15) is 56.2 Å². The zero-order chi connectivity index (χ0) is 21.0. The first kappa shape index (κ1) is 23.4. The smallest absolute Gasteiger partial charge is 0.221 e. The summed E-state index contributed by atoms with van der Waals surface area (Å²) in [5, 5.41) is 9.85. The summed E-state index contributed by atoms with van der Waals surface area (Å²) >= 11 is 0. The molecule has 7 heteroatoms. The van der Waals surface area contributed by atoms with Crippen molar-refractivity contribution < 1.29 is 9.53 Å². The summed E-state index contributed by atoms with van der Waals surface area (Å²) in [4.78, 5) is 15.7. The fourth-order valence-corrected chi connectivity index (χ4v) is 4.58. The Morgan fingerprint density at radius 3 is 2.68 bits per heavy atom. The van der Waals surface area contributed by atoms with Gasteiger partial charge < -0.3 is 20.7 Å². The van der Waals surface area contributed by atoms with Crippen molar-refractivity contribution in [1.82, 2.24) is 10.6 Å². The average molecular weight is 534 g/mol. The Bertz CT molecular complexity index is 941. The summed E-state index contributed by atoms with van der Waals surface area (Å²) in [5.41, 5.74) is 3.00. The number of ether oxygens (including phenoxy) is 1. The molecule has 1 heterocycles. The molecule has 0 bridgehead atoms. The average Bonchev–Trinajstić information content (AvgIpc) is 3.18. The molecule has 0 radical (unpaired) electrons. The molecule has 1 aliphatic carbocycles. The quantitative estimate of drug-likeness (QED) is 0.301. The molecule has 4 rings (SSSR count). The van der Waals surface area contributed by atoms with Crippen LogP contribution in [0.4, 0.5) is 5.69 Å². The molecule has 1 spiro atoms. The number of rotatable bonds is 4. The summed E-state index contributed by atoms with van der Waals surface area (Å²) in [6, 6.07) is 16.3. The number of hydrogen-bond donors (Lipinski definition) is 3. The number of carbonyl (C=O) groups is 1. The maximum atomic E-state index is 11.3. The molecule has 6 nitrogen and oxygen atoms in total. The highest BCUT2D eigenvalue weighted by Crippen LogP contribution is 2.46. The second kappa shape index (κ2) is 10.3. The van der Waals surface area contributed by atoms with Crippen LogP contribution in [0.25, 0.3) is 0 Å². The first-order valence-corrected chi connectivity index (χ1v) is 10.7. The lowest BCUT2D eigenvalue weighted by atomic mass is 9.86. The van der Waals surface area contributed by atoms with Crippen molar-refractivity contribution in [3.8, 4) is 5.75 Å². The van der Waals surface area contributed by atoms with Gasteiger partial charge in [0.15, 0.2) is 5.96 Å². The highest BCUT2D eigenvalue weighted by molar-refractivity contribution is 14.0. The number of nitrogens with one attached hydrogen (secondary N) is 3. The number of guanidine groups is 1. The molecule has 3 N–H and O–H groups in total. The number of benzene rings is 2. The number of anilines is 1. The van der Waals surface area contributed by atoms with E-state index in [-0.39, 0.29) is 41.5 Å². The molecule has 1 amide bonds. The monoisotopic (exact) mass is 534 g/mol. The Kier molecular flexibility index (Phi) is 7.80. The van der Waals surface area contributed by atoms with Gasteiger partial charge in [0.2, 0.25) is 5.91 Å². The van der Waals surface area contributed by atoms with Crippen LogP contribution in [-0.2, 0) is 11.3 Å². The van der Waals surface area contributed by atoms with Crippen molar-refractivity contribution in [1.29, 1.82) is 0 Å². The van der Waals surface area contributed by atoms with Crippen molar-refractivity contribution in [3.05, 3.63) is 59.7 Å². The number of fused-ring (bicyclic) bond motifs is 1. The topological polar surface area (TPSA) is 74.8 Å². The van der Waals surface area contributed by atoms with Gasteiger partial charge in [-0.2, -0.15) is 0 Å². The second-order valence-electron chi connectivity index (χ2n) is 8.24. The van der Waals surface area contributed by atoms with E-state index in [4.69, 9.17) is 4.74 Å². The molecule has 1 saturated carbocycles. The third-order valence-electron chi connectivity index (χ3n) is 5.95. The van der Waals surface area contributed by atoms with E-state index < -0.39 is 0 Å². The molecule has 2 aromatic carbocycles. The molecule has 0 saturated heterocycles. The van der Waals surface area contributed by atoms with Crippen LogP contribution < -0.4 is 20.7 Å². The van der Waals surface area contributed by atoms with Crippen LogP contribution in [0.5, 0.6) is 5.75 Å². The molecule has 2 aliphatic rings. The van der Waals surface area contributed by atoms with Crippen molar-refractivity contribution in [3.63, 3.8) is 0 Å². The standard InChI is InChI=1S/C24H30N4O2.HI/c1-17(29)27-19-9-7-8-18(14-19)16-26-23(25-2)28-21-15-24(12-5-6-13-24)30-22-11-4-3-10-20(21)22;/h3-4,7-11,14,21H,5-6,12-13,15-16H2,1-2H3,(H,27,29)(H2,25,26,28);1H. The van der Waals surface area contributed by atoms with Crippen molar-refractivity contribution >= 4 is 41.5 Å². The van der Waals surface area contributed by atoms with Crippen LogP contribution >= 0.6 is 24.0 Å². The van der Waals surface area contributed by atoms with Gasteiger partial charge in [0.05, 0.1) is 6.04 Å². The van der Waals surface area contributed by atoms with Gasteiger partial charge in [-0.05, 0) is 49.4 Å². The molecular formula is C24H31IN4O2. The second-order valence-corrected chi connectivity index (χ2v) is 8.24. The van der Waals surface area contributed by atoms with Crippen LogP contribution in [0.2, 0.25) is 0 Å². The first-order chi connectivity index (χ1) is 14.6. The molecule has 1 aliphatic heterocycles. The van der Waals surface area contributed by atoms with Crippen molar-refractivity contribution in [2.24, 2.45) is 4.99 Å². The molecule has 1 unspecified atom stereocenters. The lowest BCUT2D eigenvalue weighted by Crippen LogP contribution is -2.46. The van der Waals surface area contributed by atoms with E-state index in [9.17, 15) is 4.79 Å². The minimum atomic E-state index is -0.0726. The largest absolute Gasteiger partial charge is 0.487 e. The fraction of sp³-hybridized carbons (Fsp3) is 0.417. The van der Waals surface area contributed by atoms with E-state index in [1.165, 1.54) is 25.3 Å². The minimum Gasteiger partial charge on any atom is -0.487 e. The zero-order valence-corrected chi connectivity index (χ0v) is 20.4. The number of carbonyl (C=O) groups excluding carboxylic acids is 1. The van der Waals surface area contributed by atoms with Gasteiger partial charge in [0.1, 0.15) is 11.4 Å². The summed E-state index contributed by atoms with van der Waals surface area (Å²) in [6.45, 7) is 2.13. The number of amides is 1. The van der Waals surface area contributed by atoms with E-state index in [2.05, 4.69) is 39.1 Å². The van der Waals surface area contributed by atoms with Gasteiger partial charge in [-0.3, -0.25) is 9.79 Å². The van der Waals surface area contributed by atoms with Crippen molar-refractivity contribution in [2.75, 3.05) is 12.4 Å². The molecule has 31 heavy (non-hydrogen) atoms. The molecule has 0 aromatic heterocycles. The summed E-state index contributed by atoms with van der Waals surface area (Å²) in [5.74, 6) is 1.67. The SMILES string of the molecule is CN=C(NCc1cccc(NC(C)=O)c1)NC1CC2(CCCC2)Oc2ccccc21.I. The van der Waals surface area contributed by atoms with Gasteiger partial charge in [0, 0.05) is 38.2 Å². The predicted molar refractivity (Wildman–Crippen MR) is 135 cm³/mol. The van der Waals surface area contributed by atoms with E-state index >= 15 is 0 Å². The molecule has 166 valence electrons. The Morgan fingerprint density at radius 2 is 1.94 bits per heavy atom. The fourth-order valence-electron chi connectivity index (χ4n) is 4.58. The highest BCUT2D eigenvalue weighted by Gasteiger charge is 2.43. The maximum Gasteiger partial charge on any atom is 0.221 e. The number of para-hydroxylation sites is 1. The van der Waals surface area contributed by atoms with Gasteiger partial charge in [-0.15, -0.1) is 24.0 Å². The Hall–Kier alpha value is -2.29. The molecular weight excluding hydrogens is 503 g/mol. The van der Waals surface area contributed by atoms with Gasteiger partial charge in [0.25, 0.3) is 0 Å². The number of halogens is 1. The maximum absolute atomic E-state index is 11.3. The first-order valence-electron chi connectivity index (χ1n) is 10.7. The molecule has 1 atom stereocenters. The zero-order valence-electron chi connectivity index (χ0n) is 18.1. The summed E-state index contributed by atoms with van der Waals surface area (Å²) in [6.07, 6.45) is 5.63. The Morgan fingerprint density at radius 1 is 1.16 bits per heavy atom. The molecule has 2 aromatic rings. The Labute approximate surface area is 201 Å². The van der Waals surface area contributed by atoms with Crippen LogP contribution in [0.3, 0.4) is 0 Å². The summed E-state index contributed by atoms with van der Waals surface area (Å²) < 4.78 is 6.47. The van der Waals surface area contributed by atoms with Crippen molar-refractivity contribution in [2.45, 2.75) is 57.2 Å². The summed E-state index contributed by atoms with van der Waals surface area (Å²) in [7, 11) is 1.79. The predicted octanol–water partition coefficient (Wildman–Crippen LogP) is 4.76.